The molecule has 0 amide bonds. The summed E-state index contributed by atoms with van der Waals surface area (Å²) in [5.41, 5.74) is 0.915. The molecule has 0 aliphatic carbocycles. The number of carboxylic acids is 1. The summed E-state index contributed by atoms with van der Waals surface area (Å²) >= 11 is 0. The Balaban J connectivity index is 2.51. The van der Waals surface area contributed by atoms with Crippen LogP contribution in [0.5, 0.6) is 11.5 Å². The summed E-state index contributed by atoms with van der Waals surface area (Å²) < 4.78 is 23.9. The van der Waals surface area contributed by atoms with Crippen LogP contribution in [0.15, 0.2) is 36.4 Å². The van der Waals surface area contributed by atoms with Crippen LogP contribution in [0.25, 0.3) is 11.1 Å². The molecule has 5 heteroatoms. The van der Waals surface area contributed by atoms with Gasteiger partial charge in [0.1, 0.15) is 22.9 Å². The normalized spacial score (nSPS) is 10.2. The van der Waals surface area contributed by atoms with Gasteiger partial charge in [-0.1, -0.05) is 6.07 Å². The number of halogens is 1. The summed E-state index contributed by atoms with van der Waals surface area (Å²) in [6.07, 6.45) is 0. The van der Waals surface area contributed by atoms with E-state index in [0.717, 1.165) is 0 Å². The van der Waals surface area contributed by atoms with E-state index >= 15 is 0 Å². The van der Waals surface area contributed by atoms with Gasteiger partial charge in [-0.2, -0.15) is 0 Å². The minimum absolute atomic E-state index is 0.0326. The lowest BCUT2D eigenvalue weighted by atomic mass is 10.0. The van der Waals surface area contributed by atoms with Crippen molar-refractivity contribution in [3.63, 3.8) is 0 Å². The quantitative estimate of drug-likeness (QED) is 0.931. The van der Waals surface area contributed by atoms with Crippen LogP contribution < -0.4 is 9.47 Å². The number of hydrogen-bond acceptors (Lipinski definition) is 3. The highest BCUT2D eigenvalue weighted by Gasteiger charge is 2.14. The van der Waals surface area contributed by atoms with Gasteiger partial charge < -0.3 is 14.6 Å². The molecule has 1 N–H and O–H groups in total. The lowest BCUT2D eigenvalue weighted by molar-refractivity contribution is 0.0693. The van der Waals surface area contributed by atoms with E-state index in [0.29, 0.717) is 16.9 Å². The Morgan fingerprint density at radius 1 is 1.10 bits per heavy atom. The van der Waals surface area contributed by atoms with E-state index in [1.54, 1.807) is 12.1 Å². The number of benzene rings is 2. The molecule has 0 saturated carbocycles. The van der Waals surface area contributed by atoms with Crippen LogP contribution in [0.2, 0.25) is 0 Å². The molecule has 0 spiro atoms. The molecule has 0 saturated heterocycles. The SMILES string of the molecule is COc1ccc(-c2ccc(C(=O)O)c(OC)c2)c(F)c1. The van der Waals surface area contributed by atoms with Gasteiger partial charge in [-0.3, -0.25) is 0 Å². The Labute approximate surface area is 115 Å². The van der Waals surface area contributed by atoms with Gasteiger partial charge in [-0.15, -0.1) is 0 Å². The predicted molar refractivity (Wildman–Crippen MR) is 71.9 cm³/mol. The van der Waals surface area contributed by atoms with Gasteiger partial charge in [-0.05, 0) is 29.8 Å². The number of carboxylic acid groups (broad SMARTS) is 1. The number of carbonyl (C=O) groups is 1. The molecular formula is C15H13FO4. The second-order valence-electron chi connectivity index (χ2n) is 4.07. The highest BCUT2D eigenvalue weighted by Crippen LogP contribution is 2.30. The molecule has 0 atom stereocenters. The van der Waals surface area contributed by atoms with Crippen molar-refractivity contribution in [2.24, 2.45) is 0 Å². The Bertz CT molecular complexity index is 652. The Morgan fingerprint density at radius 3 is 2.40 bits per heavy atom. The summed E-state index contributed by atoms with van der Waals surface area (Å²) in [4.78, 5) is 11.0. The minimum atomic E-state index is -1.09. The molecule has 0 unspecified atom stereocenters. The summed E-state index contributed by atoms with van der Waals surface area (Å²) in [6, 6.07) is 8.90. The fraction of sp³-hybridized carbons (Fsp3) is 0.133. The molecule has 0 radical (unpaired) electrons. The summed E-state index contributed by atoms with van der Waals surface area (Å²) in [6.45, 7) is 0. The van der Waals surface area contributed by atoms with Crippen molar-refractivity contribution < 1.29 is 23.8 Å². The summed E-state index contributed by atoms with van der Waals surface area (Å²) in [5, 5.41) is 9.01. The molecule has 0 aliphatic heterocycles. The van der Waals surface area contributed by atoms with Crippen LogP contribution in [0.1, 0.15) is 10.4 Å². The van der Waals surface area contributed by atoms with Gasteiger partial charge in [0.2, 0.25) is 0 Å². The highest BCUT2D eigenvalue weighted by atomic mass is 19.1. The number of aromatic carboxylic acids is 1. The van der Waals surface area contributed by atoms with Gasteiger partial charge in [0.25, 0.3) is 0 Å². The maximum absolute atomic E-state index is 14.0. The molecule has 2 aromatic carbocycles. The highest BCUT2D eigenvalue weighted by molar-refractivity contribution is 5.92. The molecule has 0 heterocycles. The zero-order chi connectivity index (χ0) is 14.7. The van der Waals surface area contributed by atoms with Crippen LogP contribution in [0, 0.1) is 5.82 Å². The van der Waals surface area contributed by atoms with Crippen LogP contribution in [0.4, 0.5) is 4.39 Å². The molecule has 0 bridgehead atoms. The second-order valence-corrected chi connectivity index (χ2v) is 4.07. The number of methoxy groups -OCH3 is 2. The Morgan fingerprint density at radius 2 is 1.85 bits per heavy atom. The first-order valence-corrected chi connectivity index (χ1v) is 5.82. The van der Waals surface area contributed by atoms with E-state index in [9.17, 15) is 9.18 Å². The molecule has 0 fully saturated rings. The zero-order valence-corrected chi connectivity index (χ0v) is 11.0. The van der Waals surface area contributed by atoms with Gasteiger partial charge >= 0.3 is 5.97 Å². The molecule has 20 heavy (non-hydrogen) atoms. The number of hydrogen-bond donors (Lipinski definition) is 1. The largest absolute Gasteiger partial charge is 0.497 e. The first kappa shape index (κ1) is 13.9. The molecule has 104 valence electrons. The van der Waals surface area contributed by atoms with Crippen molar-refractivity contribution in [2.45, 2.75) is 0 Å². The van der Waals surface area contributed by atoms with E-state index in [1.807, 2.05) is 0 Å². The molecule has 2 aromatic rings. The van der Waals surface area contributed by atoms with E-state index in [-0.39, 0.29) is 11.3 Å². The molecular weight excluding hydrogens is 263 g/mol. The third kappa shape index (κ3) is 2.56. The van der Waals surface area contributed by atoms with Gasteiger partial charge in [0, 0.05) is 11.6 Å². The maximum atomic E-state index is 14.0. The topological polar surface area (TPSA) is 55.8 Å². The zero-order valence-electron chi connectivity index (χ0n) is 11.0. The van der Waals surface area contributed by atoms with E-state index in [2.05, 4.69) is 0 Å². The van der Waals surface area contributed by atoms with Crippen molar-refractivity contribution in [3.05, 3.63) is 47.8 Å². The lowest BCUT2D eigenvalue weighted by Gasteiger charge is -2.09. The minimum Gasteiger partial charge on any atom is -0.497 e. The third-order valence-corrected chi connectivity index (χ3v) is 2.92. The van der Waals surface area contributed by atoms with E-state index < -0.39 is 11.8 Å². The van der Waals surface area contributed by atoms with E-state index in [4.69, 9.17) is 14.6 Å². The van der Waals surface area contributed by atoms with E-state index in [1.165, 1.54) is 38.5 Å². The monoisotopic (exact) mass is 276 g/mol. The second kappa shape index (κ2) is 5.61. The first-order chi connectivity index (χ1) is 9.56. The van der Waals surface area contributed by atoms with Crippen LogP contribution in [-0.2, 0) is 0 Å². The fourth-order valence-corrected chi connectivity index (χ4v) is 1.89. The van der Waals surface area contributed by atoms with Gasteiger partial charge in [-0.25, -0.2) is 9.18 Å². The Hall–Kier alpha value is -2.56. The first-order valence-electron chi connectivity index (χ1n) is 5.82. The van der Waals surface area contributed by atoms with Crippen molar-refractivity contribution in [2.75, 3.05) is 14.2 Å². The standard InChI is InChI=1S/C15H13FO4/c1-19-10-4-6-11(13(16)8-10)9-3-5-12(15(17)18)14(7-9)20-2/h3-8H,1-2H3,(H,17,18). The maximum Gasteiger partial charge on any atom is 0.339 e. The van der Waals surface area contributed by atoms with Gasteiger partial charge in [0.05, 0.1) is 14.2 Å². The van der Waals surface area contributed by atoms with Crippen molar-refractivity contribution >= 4 is 5.97 Å². The fourth-order valence-electron chi connectivity index (χ4n) is 1.89. The van der Waals surface area contributed by atoms with Crippen molar-refractivity contribution in [3.8, 4) is 22.6 Å². The molecule has 0 aliphatic rings. The average molecular weight is 276 g/mol. The molecule has 4 nitrogen and oxygen atoms in total. The lowest BCUT2D eigenvalue weighted by Crippen LogP contribution is -2.00. The average Bonchev–Trinajstić information content (AvgIpc) is 2.46. The third-order valence-electron chi connectivity index (χ3n) is 2.92. The van der Waals surface area contributed by atoms with Crippen molar-refractivity contribution in [1.82, 2.24) is 0 Å². The Kier molecular flexibility index (Phi) is 3.89. The summed E-state index contributed by atoms with van der Waals surface area (Å²) in [5.74, 6) is -0.941. The van der Waals surface area contributed by atoms with Gasteiger partial charge in [0.15, 0.2) is 0 Å². The predicted octanol–water partition coefficient (Wildman–Crippen LogP) is 3.21. The van der Waals surface area contributed by atoms with Crippen LogP contribution in [0.3, 0.4) is 0 Å². The molecule has 0 aromatic heterocycles. The number of ether oxygens (including phenoxy) is 2. The smallest absolute Gasteiger partial charge is 0.339 e. The van der Waals surface area contributed by atoms with Crippen molar-refractivity contribution in [1.29, 1.82) is 0 Å². The van der Waals surface area contributed by atoms with Crippen LogP contribution >= 0.6 is 0 Å². The molecule has 2 rings (SSSR count). The van der Waals surface area contributed by atoms with Crippen LogP contribution in [-0.4, -0.2) is 25.3 Å². The summed E-state index contributed by atoms with van der Waals surface area (Å²) in [7, 11) is 2.83. The number of rotatable bonds is 4.